The standard InChI is InChI=1S/C44H29NS/c1-2-14-31(15-3-1)45-38-21-10-18-34(44(38)43-33-16-5-4-11-28(33)23-25-39(43)45)30-13-8-12-29(27-30)32-24-26-41-42-36(32)19-9-20-37(42)35-17-6-7-22-40(35)46-41/h1-20,22-27,38H,21H2. The highest BCUT2D eigenvalue weighted by Crippen LogP contribution is 2.54. The van der Waals surface area contributed by atoms with E-state index in [2.05, 4.69) is 163 Å². The Balaban J connectivity index is 1.18. The highest BCUT2D eigenvalue weighted by atomic mass is 32.2. The molecule has 0 radical (unpaired) electrons. The third-order valence-corrected chi connectivity index (χ3v) is 11.1. The third kappa shape index (κ3) is 3.77. The van der Waals surface area contributed by atoms with Crippen molar-refractivity contribution < 1.29 is 0 Å². The summed E-state index contributed by atoms with van der Waals surface area (Å²) in [5.41, 5.74) is 13.1. The number of hydrogen-bond acceptors (Lipinski definition) is 2. The molecule has 0 aromatic heterocycles. The average molecular weight is 604 g/mol. The Kier molecular flexibility index (Phi) is 5.70. The molecule has 0 N–H and O–H groups in total. The molecule has 7 aromatic rings. The van der Waals surface area contributed by atoms with Gasteiger partial charge >= 0.3 is 0 Å². The zero-order valence-electron chi connectivity index (χ0n) is 25.2. The summed E-state index contributed by atoms with van der Waals surface area (Å²) in [5.74, 6) is 0. The van der Waals surface area contributed by atoms with E-state index in [4.69, 9.17) is 0 Å². The Labute approximate surface area is 273 Å². The predicted molar refractivity (Wildman–Crippen MR) is 196 cm³/mol. The Bertz CT molecular complexity index is 2430. The summed E-state index contributed by atoms with van der Waals surface area (Å²) < 4.78 is 0. The molecule has 3 aliphatic rings. The lowest BCUT2D eigenvalue weighted by Gasteiger charge is -2.30. The second-order valence-electron chi connectivity index (χ2n) is 12.4. The first-order valence-corrected chi connectivity index (χ1v) is 16.9. The Hall–Kier alpha value is -5.31. The zero-order valence-corrected chi connectivity index (χ0v) is 26.0. The van der Waals surface area contributed by atoms with Gasteiger partial charge in [-0.05, 0) is 97.9 Å². The van der Waals surface area contributed by atoms with E-state index in [0.717, 1.165) is 6.42 Å². The monoisotopic (exact) mass is 603 g/mol. The molecule has 1 unspecified atom stereocenters. The van der Waals surface area contributed by atoms with Gasteiger partial charge in [0.1, 0.15) is 0 Å². The van der Waals surface area contributed by atoms with E-state index < -0.39 is 0 Å². The van der Waals surface area contributed by atoms with Gasteiger partial charge in [-0.15, -0.1) is 0 Å². The van der Waals surface area contributed by atoms with Gasteiger partial charge in [0, 0.05) is 26.4 Å². The Morgan fingerprint density at radius 1 is 0.565 bits per heavy atom. The normalized spacial score (nSPS) is 16.1. The van der Waals surface area contributed by atoms with Crippen LogP contribution < -0.4 is 4.90 Å². The molecule has 2 heterocycles. The fraction of sp³-hybridized carbons (Fsp3) is 0.0455. The van der Waals surface area contributed by atoms with Gasteiger partial charge in [0.2, 0.25) is 0 Å². The highest BCUT2D eigenvalue weighted by Gasteiger charge is 2.38. The molecule has 0 bridgehead atoms. The molecular weight excluding hydrogens is 575 g/mol. The second kappa shape index (κ2) is 10.1. The number of fused-ring (bicyclic) bond motifs is 7. The minimum Gasteiger partial charge on any atom is -0.333 e. The van der Waals surface area contributed by atoms with Crippen molar-refractivity contribution in [2.24, 2.45) is 0 Å². The summed E-state index contributed by atoms with van der Waals surface area (Å²) in [4.78, 5) is 5.23. The summed E-state index contributed by atoms with van der Waals surface area (Å²) in [6.07, 6.45) is 5.72. The van der Waals surface area contributed by atoms with Crippen LogP contribution in [-0.2, 0) is 0 Å². The largest absolute Gasteiger partial charge is 0.333 e. The molecule has 0 saturated carbocycles. The van der Waals surface area contributed by atoms with Crippen molar-refractivity contribution in [2.75, 3.05) is 4.90 Å². The van der Waals surface area contributed by atoms with Crippen LogP contribution in [0.15, 0.2) is 168 Å². The summed E-state index contributed by atoms with van der Waals surface area (Å²) in [6, 6.07) is 54.1. The lowest BCUT2D eigenvalue weighted by Crippen LogP contribution is -2.27. The molecule has 2 aliphatic heterocycles. The maximum absolute atomic E-state index is 2.56. The van der Waals surface area contributed by atoms with Gasteiger partial charge in [0.05, 0.1) is 11.7 Å². The van der Waals surface area contributed by atoms with Crippen LogP contribution in [-0.4, -0.2) is 6.04 Å². The summed E-state index contributed by atoms with van der Waals surface area (Å²) >= 11 is 1.89. The molecule has 2 heteroatoms. The fourth-order valence-corrected chi connectivity index (χ4v) is 9.12. The number of allylic oxidation sites excluding steroid dienone is 2. The molecule has 0 amide bonds. The molecule has 10 rings (SSSR count). The maximum Gasteiger partial charge on any atom is 0.0639 e. The summed E-state index contributed by atoms with van der Waals surface area (Å²) in [5, 5.41) is 5.29. The van der Waals surface area contributed by atoms with E-state index >= 15 is 0 Å². The molecule has 1 nitrogen and oxygen atoms in total. The molecule has 0 fully saturated rings. The van der Waals surface area contributed by atoms with Crippen molar-refractivity contribution in [3.05, 3.63) is 169 Å². The summed E-state index contributed by atoms with van der Waals surface area (Å²) in [7, 11) is 0. The van der Waals surface area contributed by atoms with E-state index in [1.54, 1.807) is 0 Å². The van der Waals surface area contributed by atoms with Gasteiger partial charge in [0.15, 0.2) is 0 Å². The SMILES string of the molecule is C1=CC(c2cccc(-c3ccc4c5c(cccc35)-c3ccccc3S4)c2)=C2c3c(ccc4ccccc34)N(c3ccccc3)C2C1. The van der Waals surface area contributed by atoms with Crippen molar-refractivity contribution in [2.45, 2.75) is 22.3 Å². The molecular formula is C44H29NS. The van der Waals surface area contributed by atoms with Crippen LogP contribution in [0.3, 0.4) is 0 Å². The van der Waals surface area contributed by atoms with E-state index in [1.807, 2.05) is 11.8 Å². The van der Waals surface area contributed by atoms with Crippen LogP contribution in [0, 0.1) is 0 Å². The van der Waals surface area contributed by atoms with Crippen LogP contribution in [0.4, 0.5) is 11.4 Å². The van der Waals surface area contributed by atoms with Crippen LogP contribution in [0.2, 0.25) is 0 Å². The van der Waals surface area contributed by atoms with Crippen LogP contribution in [0.25, 0.3) is 54.9 Å². The smallest absolute Gasteiger partial charge is 0.0639 e. The lowest BCUT2D eigenvalue weighted by atomic mass is 9.84. The molecule has 0 spiro atoms. The minimum absolute atomic E-state index is 0.240. The topological polar surface area (TPSA) is 3.24 Å². The molecule has 0 saturated heterocycles. The van der Waals surface area contributed by atoms with Crippen LogP contribution >= 0.6 is 11.8 Å². The van der Waals surface area contributed by atoms with Gasteiger partial charge in [-0.2, -0.15) is 0 Å². The minimum atomic E-state index is 0.240. The first kappa shape index (κ1) is 26.0. The number of para-hydroxylation sites is 1. The van der Waals surface area contributed by atoms with Crippen LogP contribution in [0.1, 0.15) is 17.5 Å². The van der Waals surface area contributed by atoms with Crippen molar-refractivity contribution in [3.63, 3.8) is 0 Å². The fourth-order valence-electron chi connectivity index (χ4n) is 8.00. The maximum atomic E-state index is 2.56. The van der Waals surface area contributed by atoms with Gasteiger partial charge in [-0.25, -0.2) is 0 Å². The Morgan fingerprint density at radius 2 is 1.35 bits per heavy atom. The quantitative estimate of drug-likeness (QED) is 0.198. The first-order valence-electron chi connectivity index (χ1n) is 16.0. The van der Waals surface area contributed by atoms with Crippen molar-refractivity contribution in [3.8, 4) is 22.3 Å². The number of nitrogens with zero attached hydrogens (tertiary/aromatic N) is 1. The summed E-state index contributed by atoms with van der Waals surface area (Å²) in [6.45, 7) is 0. The average Bonchev–Trinajstić information content (AvgIpc) is 3.47. The van der Waals surface area contributed by atoms with E-state index in [1.165, 1.54) is 87.2 Å². The predicted octanol–water partition coefficient (Wildman–Crippen LogP) is 12.2. The van der Waals surface area contributed by atoms with Crippen molar-refractivity contribution >= 4 is 55.8 Å². The second-order valence-corrected chi connectivity index (χ2v) is 13.5. The van der Waals surface area contributed by atoms with Gasteiger partial charge < -0.3 is 4.90 Å². The highest BCUT2D eigenvalue weighted by molar-refractivity contribution is 7.99. The van der Waals surface area contributed by atoms with E-state index in [0.29, 0.717) is 0 Å². The van der Waals surface area contributed by atoms with E-state index in [-0.39, 0.29) is 6.04 Å². The van der Waals surface area contributed by atoms with Crippen molar-refractivity contribution in [1.29, 1.82) is 0 Å². The molecule has 7 aromatic carbocycles. The van der Waals surface area contributed by atoms with Gasteiger partial charge in [0.25, 0.3) is 0 Å². The lowest BCUT2D eigenvalue weighted by molar-refractivity contribution is 0.831. The van der Waals surface area contributed by atoms with Crippen molar-refractivity contribution in [1.82, 2.24) is 0 Å². The zero-order chi connectivity index (χ0) is 30.2. The molecule has 1 atom stereocenters. The van der Waals surface area contributed by atoms with Gasteiger partial charge in [-0.3, -0.25) is 0 Å². The van der Waals surface area contributed by atoms with Gasteiger partial charge in [-0.1, -0.05) is 133 Å². The number of benzene rings is 7. The molecule has 46 heavy (non-hydrogen) atoms. The number of rotatable bonds is 3. The number of anilines is 2. The third-order valence-electron chi connectivity index (χ3n) is 9.93. The van der Waals surface area contributed by atoms with E-state index in [9.17, 15) is 0 Å². The number of hydrogen-bond donors (Lipinski definition) is 0. The first-order chi connectivity index (χ1) is 22.8. The Morgan fingerprint density at radius 3 is 2.30 bits per heavy atom. The molecule has 216 valence electrons. The molecule has 1 aliphatic carbocycles. The van der Waals surface area contributed by atoms with Crippen LogP contribution in [0.5, 0.6) is 0 Å².